The third kappa shape index (κ3) is 3.29. The highest BCUT2D eigenvalue weighted by molar-refractivity contribution is 9.10. The van der Waals surface area contributed by atoms with Crippen LogP contribution in [0.4, 0.5) is 0 Å². The molecule has 0 aliphatic rings. The molecule has 1 heterocycles. The molecule has 0 amide bonds. The van der Waals surface area contributed by atoms with Crippen molar-refractivity contribution in [1.29, 1.82) is 0 Å². The lowest BCUT2D eigenvalue weighted by Gasteiger charge is -2.09. The van der Waals surface area contributed by atoms with E-state index in [1.165, 1.54) is 5.56 Å². The smallest absolute Gasteiger partial charge is 0.217 e. The molecule has 0 saturated heterocycles. The van der Waals surface area contributed by atoms with Gasteiger partial charge >= 0.3 is 0 Å². The van der Waals surface area contributed by atoms with Gasteiger partial charge in [0.25, 0.3) is 0 Å². The standard InChI is InChI=1S/C11H16BrNO/c1-3-5-9-6-7-10(12)13-11(9)14-8-4-2/h6-7H,3-5,8H2,1-2H3. The van der Waals surface area contributed by atoms with E-state index in [-0.39, 0.29) is 0 Å². The van der Waals surface area contributed by atoms with Crippen LogP contribution in [0.25, 0.3) is 0 Å². The largest absolute Gasteiger partial charge is 0.477 e. The Morgan fingerprint density at radius 1 is 1.29 bits per heavy atom. The summed E-state index contributed by atoms with van der Waals surface area (Å²) in [5, 5.41) is 0. The first-order valence-corrected chi connectivity index (χ1v) is 5.85. The van der Waals surface area contributed by atoms with Crippen molar-refractivity contribution < 1.29 is 4.74 Å². The highest BCUT2D eigenvalue weighted by atomic mass is 79.9. The zero-order valence-corrected chi connectivity index (χ0v) is 10.3. The van der Waals surface area contributed by atoms with Gasteiger partial charge < -0.3 is 4.74 Å². The topological polar surface area (TPSA) is 22.1 Å². The molecule has 1 rings (SSSR count). The Labute approximate surface area is 93.8 Å². The molecular formula is C11H16BrNO. The second-order valence-corrected chi connectivity index (χ2v) is 4.01. The summed E-state index contributed by atoms with van der Waals surface area (Å²) in [5.74, 6) is 0.781. The maximum Gasteiger partial charge on any atom is 0.217 e. The van der Waals surface area contributed by atoms with E-state index < -0.39 is 0 Å². The summed E-state index contributed by atoms with van der Waals surface area (Å²) in [6.45, 7) is 4.99. The van der Waals surface area contributed by atoms with E-state index in [9.17, 15) is 0 Å². The zero-order valence-electron chi connectivity index (χ0n) is 8.72. The van der Waals surface area contributed by atoms with Crippen molar-refractivity contribution in [2.75, 3.05) is 6.61 Å². The molecule has 0 atom stereocenters. The van der Waals surface area contributed by atoms with Gasteiger partial charge in [-0.2, -0.15) is 0 Å². The van der Waals surface area contributed by atoms with Crippen LogP contribution in [-0.4, -0.2) is 11.6 Å². The number of pyridine rings is 1. The van der Waals surface area contributed by atoms with Gasteiger partial charge in [-0.15, -0.1) is 0 Å². The number of halogens is 1. The van der Waals surface area contributed by atoms with E-state index in [0.29, 0.717) is 0 Å². The third-order valence-electron chi connectivity index (χ3n) is 1.87. The summed E-state index contributed by atoms with van der Waals surface area (Å²) >= 11 is 3.35. The highest BCUT2D eigenvalue weighted by Gasteiger charge is 2.04. The van der Waals surface area contributed by atoms with Crippen molar-refractivity contribution in [3.8, 4) is 5.88 Å². The van der Waals surface area contributed by atoms with Gasteiger partial charge in [0.2, 0.25) is 5.88 Å². The molecule has 0 bridgehead atoms. The predicted octanol–water partition coefficient (Wildman–Crippen LogP) is 3.59. The maximum atomic E-state index is 5.58. The van der Waals surface area contributed by atoms with Crippen molar-refractivity contribution >= 4 is 15.9 Å². The molecule has 1 aromatic rings. The molecule has 0 aliphatic carbocycles. The normalized spacial score (nSPS) is 10.2. The molecular weight excluding hydrogens is 242 g/mol. The minimum Gasteiger partial charge on any atom is -0.477 e. The molecule has 3 heteroatoms. The summed E-state index contributed by atoms with van der Waals surface area (Å²) in [5.41, 5.74) is 1.20. The maximum absolute atomic E-state index is 5.58. The van der Waals surface area contributed by atoms with Gasteiger partial charge in [0.1, 0.15) is 4.60 Å². The molecule has 0 unspecified atom stereocenters. The molecule has 78 valence electrons. The first-order valence-electron chi connectivity index (χ1n) is 5.06. The van der Waals surface area contributed by atoms with Crippen LogP contribution in [0.5, 0.6) is 5.88 Å². The lowest BCUT2D eigenvalue weighted by Crippen LogP contribution is -2.01. The molecule has 0 N–H and O–H groups in total. The fraction of sp³-hybridized carbons (Fsp3) is 0.545. The molecule has 0 aromatic carbocycles. The monoisotopic (exact) mass is 257 g/mol. The molecule has 0 radical (unpaired) electrons. The molecule has 1 aromatic heterocycles. The highest BCUT2D eigenvalue weighted by Crippen LogP contribution is 2.20. The van der Waals surface area contributed by atoms with Crippen molar-refractivity contribution in [3.63, 3.8) is 0 Å². The Kier molecular flexibility index (Phi) is 4.94. The number of aromatic nitrogens is 1. The first kappa shape index (κ1) is 11.5. The van der Waals surface area contributed by atoms with Crippen LogP contribution in [0.1, 0.15) is 32.3 Å². The fourth-order valence-electron chi connectivity index (χ4n) is 1.23. The Morgan fingerprint density at radius 3 is 2.71 bits per heavy atom. The summed E-state index contributed by atoms with van der Waals surface area (Å²) in [7, 11) is 0. The average Bonchev–Trinajstić information content (AvgIpc) is 2.18. The minimum absolute atomic E-state index is 0.736. The van der Waals surface area contributed by atoms with Gasteiger partial charge in [-0.05, 0) is 34.8 Å². The number of ether oxygens (including phenoxy) is 1. The summed E-state index contributed by atoms with van der Waals surface area (Å²) in [6, 6.07) is 4.04. The van der Waals surface area contributed by atoms with Crippen LogP contribution in [0.2, 0.25) is 0 Å². The number of aryl methyl sites for hydroxylation is 1. The zero-order chi connectivity index (χ0) is 10.4. The van der Waals surface area contributed by atoms with Crippen LogP contribution >= 0.6 is 15.9 Å². The second-order valence-electron chi connectivity index (χ2n) is 3.20. The number of nitrogens with zero attached hydrogens (tertiary/aromatic N) is 1. The number of hydrogen-bond donors (Lipinski definition) is 0. The molecule has 0 aliphatic heterocycles. The Morgan fingerprint density at radius 2 is 2.07 bits per heavy atom. The predicted molar refractivity (Wildman–Crippen MR) is 61.7 cm³/mol. The van der Waals surface area contributed by atoms with E-state index in [0.717, 1.165) is 36.4 Å². The number of hydrogen-bond acceptors (Lipinski definition) is 2. The molecule has 0 saturated carbocycles. The van der Waals surface area contributed by atoms with E-state index in [4.69, 9.17) is 4.74 Å². The van der Waals surface area contributed by atoms with Crippen LogP contribution < -0.4 is 4.74 Å². The van der Waals surface area contributed by atoms with Crippen molar-refractivity contribution in [2.45, 2.75) is 33.1 Å². The number of rotatable bonds is 5. The van der Waals surface area contributed by atoms with E-state index in [1.807, 2.05) is 6.07 Å². The Bertz CT molecular complexity index is 289. The van der Waals surface area contributed by atoms with Crippen molar-refractivity contribution in [2.24, 2.45) is 0 Å². The summed E-state index contributed by atoms with van der Waals surface area (Å²) in [4.78, 5) is 4.32. The van der Waals surface area contributed by atoms with Gasteiger partial charge in [0.05, 0.1) is 6.61 Å². The van der Waals surface area contributed by atoms with Crippen molar-refractivity contribution in [1.82, 2.24) is 4.98 Å². The molecule has 0 fully saturated rings. The van der Waals surface area contributed by atoms with E-state index in [1.54, 1.807) is 0 Å². The van der Waals surface area contributed by atoms with Crippen LogP contribution in [-0.2, 0) is 6.42 Å². The third-order valence-corrected chi connectivity index (χ3v) is 2.31. The summed E-state index contributed by atoms with van der Waals surface area (Å²) in [6.07, 6.45) is 3.16. The quantitative estimate of drug-likeness (QED) is 0.753. The van der Waals surface area contributed by atoms with Crippen LogP contribution in [0, 0.1) is 0 Å². The van der Waals surface area contributed by atoms with Crippen LogP contribution in [0.3, 0.4) is 0 Å². The minimum atomic E-state index is 0.736. The summed E-state index contributed by atoms with van der Waals surface area (Å²) < 4.78 is 6.42. The van der Waals surface area contributed by atoms with Crippen molar-refractivity contribution in [3.05, 3.63) is 22.3 Å². The first-order chi connectivity index (χ1) is 6.77. The lowest BCUT2D eigenvalue weighted by atomic mass is 10.1. The molecule has 0 spiro atoms. The van der Waals surface area contributed by atoms with Gasteiger partial charge in [-0.1, -0.05) is 26.3 Å². The van der Waals surface area contributed by atoms with Gasteiger partial charge in [0, 0.05) is 5.56 Å². The van der Waals surface area contributed by atoms with Gasteiger partial charge in [0.15, 0.2) is 0 Å². The Balaban J connectivity index is 2.79. The molecule has 2 nitrogen and oxygen atoms in total. The van der Waals surface area contributed by atoms with E-state index >= 15 is 0 Å². The van der Waals surface area contributed by atoms with E-state index in [2.05, 4.69) is 40.8 Å². The lowest BCUT2D eigenvalue weighted by molar-refractivity contribution is 0.301. The average molecular weight is 258 g/mol. The SMILES string of the molecule is CCCOc1nc(Br)ccc1CCC. The van der Waals surface area contributed by atoms with Crippen LogP contribution in [0.15, 0.2) is 16.7 Å². The Hall–Kier alpha value is -0.570. The van der Waals surface area contributed by atoms with Gasteiger partial charge in [-0.3, -0.25) is 0 Å². The fourth-order valence-corrected chi connectivity index (χ4v) is 1.52. The molecule has 14 heavy (non-hydrogen) atoms. The van der Waals surface area contributed by atoms with Gasteiger partial charge in [-0.25, -0.2) is 4.98 Å². The second kappa shape index (κ2) is 6.02.